The van der Waals surface area contributed by atoms with Crippen LogP contribution < -0.4 is 10.2 Å². The molecular formula is C18H21N5O. The Morgan fingerprint density at radius 3 is 2.79 bits per heavy atom. The van der Waals surface area contributed by atoms with Crippen molar-refractivity contribution in [2.75, 3.05) is 19.0 Å². The Labute approximate surface area is 141 Å². The van der Waals surface area contributed by atoms with Crippen molar-refractivity contribution in [3.8, 4) is 0 Å². The molecule has 0 aliphatic heterocycles. The number of rotatable bonds is 5. The normalized spacial score (nSPS) is 10.8. The van der Waals surface area contributed by atoms with E-state index in [1.807, 2.05) is 73.1 Å². The zero-order valence-corrected chi connectivity index (χ0v) is 14.2. The van der Waals surface area contributed by atoms with Crippen LogP contribution in [0.25, 0.3) is 10.9 Å². The maximum Gasteiger partial charge on any atom is 0.240 e. The van der Waals surface area contributed by atoms with Gasteiger partial charge in [-0.3, -0.25) is 4.79 Å². The van der Waals surface area contributed by atoms with Crippen molar-refractivity contribution in [2.24, 2.45) is 0 Å². The number of nitrogens with one attached hydrogen (secondary N) is 1. The minimum Gasteiger partial charge on any atom is -0.363 e. The molecule has 0 bridgehead atoms. The minimum atomic E-state index is -0.0622. The molecule has 0 aliphatic carbocycles. The number of aromatic nitrogens is 3. The summed E-state index contributed by atoms with van der Waals surface area (Å²) in [6.07, 6.45) is 1.93. The van der Waals surface area contributed by atoms with Gasteiger partial charge in [-0.2, -0.15) is 0 Å². The summed E-state index contributed by atoms with van der Waals surface area (Å²) in [5.41, 5.74) is 1.93. The highest BCUT2D eigenvalue weighted by atomic mass is 16.1. The highest BCUT2D eigenvalue weighted by Gasteiger charge is 2.08. The lowest BCUT2D eigenvalue weighted by atomic mass is 10.2. The fourth-order valence-electron chi connectivity index (χ4n) is 2.59. The molecule has 0 saturated carbocycles. The van der Waals surface area contributed by atoms with Crippen LogP contribution in [-0.2, 0) is 17.9 Å². The predicted octanol–water partition coefficient (Wildman–Crippen LogP) is 2.12. The molecule has 3 aromatic rings. The molecule has 0 unspecified atom stereocenters. The van der Waals surface area contributed by atoms with Gasteiger partial charge >= 0.3 is 0 Å². The second-order valence-corrected chi connectivity index (χ2v) is 5.96. The van der Waals surface area contributed by atoms with Crippen LogP contribution in [0.15, 0.2) is 42.6 Å². The summed E-state index contributed by atoms with van der Waals surface area (Å²) >= 11 is 0. The van der Waals surface area contributed by atoms with Crippen LogP contribution in [0.2, 0.25) is 0 Å². The van der Waals surface area contributed by atoms with E-state index in [0.29, 0.717) is 12.4 Å². The number of amides is 1. The lowest BCUT2D eigenvalue weighted by Crippen LogP contribution is -2.28. The lowest BCUT2D eigenvalue weighted by molar-refractivity contribution is -0.121. The third-order valence-corrected chi connectivity index (χ3v) is 3.78. The molecule has 0 atom stereocenters. The first kappa shape index (κ1) is 16.0. The molecule has 0 aliphatic rings. The van der Waals surface area contributed by atoms with Crippen molar-refractivity contribution in [1.29, 1.82) is 0 Å². The first-order valence-electron chi connectivity index (χ1n) is 7.85. The fraction of sp³-hybridized carbons (Fsp3) is 0.278. The zero-order chi connectivity index (χ0) is 17.1. The van der Waals surface area contributed by atoms with Gasteiger partial charge in [0, 0.05) is 37.6 Å². The molecule has 124 valence electrons. The number of nitrogens with zero attached hydrogens (tertiary/aromatic N) is 4. The van der Waals surface area contributed by atoms with Crippen molar-refractivity contribution in [3.63, 3.8) is 0 Å². The van der Waals surface area contributed by atoms with E-state index in [1.54, 1.807) is 0 Å². The topological polar surface area (TPSA) is 63.1 Å². The van der Waals surface area contributed by atoms with Gasteiger partial charge in [-0.15, -0.1) is 0 Å². The fourth-order valence-corrected chi connectivity index (χ4v) is 2.59. The lowest BCUT2D eigenvalue weighted by Gasteiger charge is -2.13. The number of hydrogen-bond acceptors (Lipinski definition) is 4. The summed E-state index contributed by atoms with van der Waals surface area (Å²) in [6, 6.07) is 11.9. The third-order valence-electron chi connectivity index (χ3n) is 3.78. The van der Waals surface area contributed by atoms with Crippen molar-refractivity contribution >= 4 is 22.6 Å². The smallest absolute Gasteiger partial charge is 0.240 e. The average Bonchev–Trinajstić information content (AvgIpc) is 2.96. The predicted molar refractivity (Wildman–Crippen MR) is 94.9 cm³/mol. The zero-order valence-electron chi connectivity index (χ0n) is 14.2. The second kappa shape index (κ2) is 6.70. The quantitative estimate of drug-likeness (QED) is 0.781. The molecule has 6 nitrogen and oxygen atoms in total. The summed E-state index contributed by atoms with van der Waals surface area (Å²) in [5.74, 6) is 1.39. The first-order valence-corrected chi connectivity index (χ1v) is 7.85. The average molecular weight is 323 g/mol. The van der Waals surface area contributed by atoms with E-state index in [9.17, 15) is 4.79 Å². The van der Waals surface area contributed by atoms with Crippen LogP contribution >= 0.6 is 0 Å². The number of fused-ring (bicyclic) bond motifs is 1. The maximum absolute atomic E-state index is 12.2. The van der Waals surface area contributed by atoms with Crippen molar-refractivity contribution in [1.82, 2.24) is 19.9 Å². The number of anilines is 1. The van der Waals surface area contributed by atoms with Gasteiger partial charge in [-0.05, 0) is 24.4 Å². The number of carbonyl (C=O) groups excluding carboxylic acids is 1. The second-order valence-electron chi connectivity index (χ2n) is 5.96. The van der Waals surface area contributed by atoms with Gasteiger partial charge in [-0.25, -0.2) is 9.97 Å². The Kier molecular flexibility index (Phi) is 4.46. The Balaban J connectivity index is 1.66. The van der Waals surface area contributed by atoms with Gasteiger partial charge < -0.3 is 14.8 Å². The van der Waals surface area contributed by atoms with Gasteiger partial charge in [-0.1, -0.05) is 18.2 Å². The summed E-state index contributed by atoms with van der Waals surface area (Å²) in [7, 11) is 3.86. The number of aryl methyl sites for hydroxylation is 1. The molecule has 1 amide bonds. The van der Waals surface area contributed by atoms with Gasteiger partial charge in [0.05, 0.1) is 6.54 Å². The molecule has 2 heterocycles. The Bertz CT molecular complexity index is 869. The van der Waals surface area contributed by atoms with Crippen LogP contribution in [-0.4, -0.2) is 34.5 Å². The highest BCUT2D eigenvalue weighted by Crippen LogP contribution is 2.14. The highest BCUT2D eigenvalue weighted by molar-refractivity contribution is 5.83. The summed E-state index contributed by atoms with van der Waals surface area (Å²) < 4.78 is 1.94. The molecule has 24 heavy (non-hydrogen) atoms. The molecule has 0 radical (unpaired) electrons. The van der Waals surface area contributed by atoms with E-state index < -0.39 is 0 Å². The molecule has 0 fully saturated rings. The largest absolute Gasteiger partial charge is 0.363 e. The van der Waals surface area contributed by atoms with Crippen LogP contribution in [0.1, 0.15) is 11.5 Å². The van der Waals surface area contributed by atoms with Crippen molar-refractivity contribution in [2.45, 2.75) is 20.0 Å². The number of hydrogen-bond donors (Lipinski definition) is 1. The molecule has 1 aromatic carbocycles. The standard InChI is InChI=1S/C18H21N5O/c1-13-10-17(22(2)3)21-16(20-13)11-19-18(24)12-23-9-8-14-6-4-5-7-15(14)23/h4-10H,11-12H2,1-3H3,(H,19,24). The van der Waals surface area contributed by atoms with E-state index in [2.05, 4.69) is 15.3 Å². The molecule has 0 spiro atoms. The van der Waals surface area contributed by atoms with Crippen molar-refractivity contribution in [3.05, 3.63) is 54.1 Å². The van der Waals surface area contributed by atoms with Crippen LogP contribution in [0.4, 0.5) is 5.82 Å². The molecule has 0 saturated heterocycles. The Morgan fingerprint density at radius 2 is 2.00 bits per heavy atom. The van der Waals surface area contributed by atoms with E-state index in [0.717, 1.165) is 22.4 Å². The molecule has 2 aromatic heterocycles. The molecule has 6 heteroatoms. The van der Waals surface area contributed by atoms with Crippen LogP contribution in [0, 0.1) is 6.92 Å². The van der Waals surface area contributed by atoms with Gasteiger partial charge in [0.2, 0.25) is 5.91 Å². The minimum absolute atomic E-state index is 0.0622. The van der Waals surface area contributed by atoms with Crippen LogP contribution in [0.5, 0.6) is 0 Å². The van der Waals surface area contributed by atoms with E-state index in [1.165, 1.54) is 0 Å². The van der Waals surface area contributed by atoms with Crippen LogP contribution in [0.3, 0.4) is 0 Å². The van der Waals surface area contributed by atoms with Gasteiger partial charge in [0.15, 0.2) is 0 Å². The SMILES string of the molecule is Cc1cc(N(C)C)nc(CNC(=O)Cn2ccc3ccccc32)n1. The number of benzene rings is 1. The van der Waals surface area contributed by atoms with Gasteiger partial charge in [0.1, 0.15) is 18.2 Å². The summed E-state index contributed by atoms with van der Waals surface area (Å²) in [6.45, 7) is 2.52. The van der Waals surface area contributed by atoms with E-state index in [4.69, 9.17) is 0 Å². The summed E-state index contributed by atoms with van der Waals surface area (Å²) in [5, 5.41) is 4.02. The third kappa shape index (κ3) is 3.53. The van der Waals surface area contributed by atoms with Crippen molar-refractivity contribution < 1.29 is 4.79 Å². The Hall–Kier alpha value is -2.89. The van der Waals surface area contributed by atoms with E-state index in [-0.39, 0.29) is 12.5 Å². The number of carbonyl (C=O) groups is 1. The number of para-hydroxylation sites is 1. The molecule has 1 N–H and O–H groups in total. The Morgan fingerprint density at radius 1 is 1.21 bits per heavy atom. The monoisotopic (exact) mass is 323 g/mol. The molecule has 3 rings (SSSR count). The molecular weight excluding hydrogens is 302 g/mol. The summed E-state index contributed by atoms with van der Waals surface area (Å²) in [4.78, 5) is 23.0. The van der Waals surface area contributed by atoms with Gasteiger partial charge in [0.25, 0.3) is 0 Å². The maximum atomic E-state index is 12.2. The van der Waals surface area contributed by atoms with E-state index >= 15 is 0 Å². The first-order chi connectivity index (χ1) is 11.5.